The van der Waals surface area contributed by atoms with Crippen LogP contribution in [-0.2, 0) is 0 Å². The molecule has 1 aliphatic carbocycles. The van der Waals surface area contributed by atoms with Gasteiger partial charge < -0.3 is 10.8 Å². The molecule has 1 fully saturated rings. The molecule has 0 aromatic carbocycles. The highest BCUT2D eigenvalue weighted by atomic mass is 16.3. The number of aliphatic hydroxyl groups is 1. The zero-order valence-electron chi connectivity index (χ0n) is 8.05. The smallest absolute Gasteiger partial charge is 0.0611 e. The Bertz CT molecular complexity index is 126. The van der Waals surface area contributed by atoms with Crippen molar-refractivity contribution in [2.24, 2.45) is 11.7 Å². The second-order valence-corrected chi connectivity index (χ2v) is 4.35. The van der Waals surface area contributed by atoms with E-state index in [0.717, 1.165) is 0 Å². The molecule has 0 bridgehead atoms. The molecule has 0 spiro atoms. The summed E-state index contributed by atoms with van der Waals surface area (Å²) in [5.41, 5.74) is 5.67. The van der Waals surface area contributed by atoms with Gasteiger partial charge >= 0.3 is 0 Å². The molecule has 0 amide bonds. The second kappa shape index (κ2) is 4.24. The Balaban J connectivity index is 2.47. The van der Waals surface area contributed by atoms with Gasteiger partial charge in [-0.05, 0) is 25.7 Å². The molecule has 1 saturated carbocycles. The van der Waals surface area contributed by atoms with Crippen LogP contribution in [0.5, 0.6) is 0 Å². The minimum atomic E-state index is -0.343. The number of hydrogen-bond acceptors (Lipinski definition) is 2. The van der Waals surface area contributed by atoms with Crippen molar-refractivity contribution >= 4 is 0 Å². The van der Waals surface area contributed by atoms with Crippen LogP contribution in [0.25, 0.3) is 0 Å². The van der Waals surface area contributed by atoms with Gasteiger partial charge in [0.2, 0.25) is 0 Å². The normalized spacial score (nSPS) is 26.2. The Morgan fingerprint density at radius 2 is 1.75 bits per heavy atom. The third-order valence-electron chi connectivity index (χ3n) is 3.13. The number of aliphatic hydroxyl groups excluding tert-OH is 1. The van der Waals surface area contributed by atoms with Crippen molar-refractivity contribution in [1.29, 1.82) is 0 Å². The molecule has 1 unspecified atom stereocenters. The summed E-state index contributed by atoms with van der Waals surface area (Å²) in [5.74, 6) is 0.532. The summed E-state index contributed by atoms with van der Waals surface area (Å²) < 4.78 is 0. The zero-order chi connectivity index (χ0) is 9.03. The monoisotopic (exact) mass is 171 g/mol. The molecule has 2 nitrogen and oxygen atoms in total. The largest absolute Gasteiger partial charge is 0.394 e. The first-order chi connectivity index (χ1) is 5.67. The minimum Gasteiger partial charge on any atom is -0.394 e. The molecule has 12 heavy (non-hydrogen) atoms. The van der Waals surface area contributed by atoms with Crippen LogP contribution in [0, 0.1) is 5.92 Å². The standard InChI is InChI=1S/C10H21NO/c1-10(11,8-12)9-6-4-2-3-5-7-9/h9,12H,2-8,11H2,1H3. The van der Waals surface area contributed by atoms with Gasteiger partial charge in [0.25, 0.3) is 0 Å². The molecular weight excluding hydrogens is 150 g/mol. The van der Waals surface area contributed by atoms with Gasteiger partial charge in [0.15, 0.2) is 0 Å². The van der Waals surface area contributed by atoms with Crippen LogP contribution >= 0.6 is 0 Å². The summed E-state index contributed by atoms with van der Waals surface area (Å²) in [6.45, 7) is 2.10. The Hall–Kier alpha value is -0.0800. The minimum absolute atomic E-state index is 0.123. The maximum absolute atomic E-state index is 9.11. The molecule has 0 radical (unpaired) electrons. The second-order valence-electron chi connectivity index (χ2n) is 4.35. The van der Waals surface area contributed by atoms with Gasteiger partial charge in [-0.25, -0.2) is 0 Å². The lowest BCUT2D eigenvalue weighted by Crippen LogP contribution is -2.47. The fourth-order valence-electron chi connectivity index (χ4n) is 2.07. The highest BCUT2D eigenvalue weighted by Gasteiger charge is 2.29. The average molecular weight is 171 g/mol. The molecule has 72 valence electrons. The van der Waals surface area contributed by atoms with Gasteiger partial charge in [-0.3, -0.25) is 0 Å². The first-order valence-corrected chi connectivity index (χ1v) is 5.06. The number of nitrogens with two attached hydrogens (primary N) is 1. The summed E-state index contributed by atoms with van der Waals surface area (Å²) in [6.07, 6.45) is 7.67. The molecule has 1 rings (SSSR count). The van der Waals surface area contributed by atoms with Crippen LogP contribution in [0.15, 0.2) is 0 Å². The van der Waals surface area contributed by atoms with Gasteiger partial charge in [0, 0.05) is 5.54 Å². The van der Waals surface area contributed by atoms with E-state index in [4.69, 9.17) is 10.8 Å². The zero-order valence-corrected chi connectivity index (χ0v) is 8.05. The van der Waals surface area contributed by atoms with Crippen molar-refractivity contribution in [3.8, 4) is 0 Å². The summed E-state index contributed by atoms with van der Waals surface area (Å²) >= 11 is 0. The van der Waals surface area contributed by atoms with Crippen molar-refractivity contribution in [3.63, 3.8) is 0 Å². The molecule has 0 heterocycles. The van der Waals surface area contributed by atoms with E-state index in [9.17, 15) is 0 Å². The Morgan fingerprint density at radius 1 is 1.25 bits per heavy atom. The van der Waals surface area contributed by atoms with Gasteiger partial charge in [0.1, 0.15) is 0 Å². The topological polar surface area (TPSA) is 46.2 Å². The summed E-state index contributed by atoms with van der Waals surface area (Å²) in [5, 5.41) is 9.11. The number of rotatable bonds is 2. The molecule has 0 aromatic rings. The molecule has 1 atom stereocenters. The average Bonchev–Trinajstić information content (AvgIpc) is 2.32. The molecule has 0 aromatic heterocycles. The summed E-state index contributed by atoms with van der Waals surface area (Å²) in [4.78, 5) is 0. The van der Waals surface area contributed by atoms with Gasteiger partial charge in [0.05, 0.1) is 6.61 Å². The van der Waals surface area contributed by atoms with E-state index in [-0.39, 0.29) is 12.1 Å². The predicted octanol–water partition coefficient (Wildman–Crippen LogP) is 1.67. The van der Waals surface area contributed by atoms with Crippen LogP contribution in [0.3, 0.4) is 0 Å². The Morgan fingerprint density at radius 3 is 2.17 bits per heavy atom. The van der Waals surface area contributed by atoms with Crippen molar-refractivity contribution in [2.75, 3.05) is 6.61 Å². The van der Waals surface area contributed by atoms with E-state index in [2.05, 4.69) is 0 Å². The van der Waals surface area contributed by atoms with Gasteiger partial charge in [-0.1, -0.05) is 25.7 Å². The van der Waals surface area contributed by atoms with Crippen LogP contribution in [0.4, 0.5) is 0 Å². The van der Waals surface area contributed by atoms with Crippen LogP contribution in [0.1, 0.15) is 45.4 Å². The molecular formula is C10H21NO. The third-order valence-corrected chi connectivity index (χ3v) is 3.13. The van der Waals surface area contributed by atoms with E-state index in [1.165, 1.54) is 38.5 Å². The van der Waals surface area contributed by atoms with E-state index < -0.39 is 0 Å². The maximum atomic E-state index is 9.11. The summed E-state index contributed by atoms with van der Waals surface area (Å²) in [6, 6.07) is 0. The van der Waals surface area contributed by atoms with Gasteiger partial charge in [-0.15, -0.1) is 0 Å². The lowest BCUT2D eigenvalue weighted by molar-refractivity contribution is 0.144. The fourth-order valence-corrected chi connectivity index (χ4v) is 2.07. The highest BCUT2D eigenvalue weighted by molar-refractivity contribution is 4.87. The van der Waals surface area contributed by atoms with E-state index in [0.29, 0.717) is 5.92 Å². The third kappa shape index (κ3) is 2.46. The van der Waals surface area contributed by atoms with Crippen molar-refractivity contribution in [3.05, 3.63) is 0 Å². The molecule has 1 aliphatic rings. The number of hydrogen-bond donors (Lipinski definition) is 2. The van der Waals surface area contributed by atoms with E-state index in [1.54, 1.807) is 0 Å². The van der Waals surface area contributed by atoms with Gasteiger partial charge in [-0.2, -0.15) is 0 Å². The predicted molar refractivity (Wildman–Crippen MR) is 50.9 cm³/mol. The molecule has 2 heteroatoms. The molecule has 0 saturated heterocycles. The highest BCUT2D eigenvalue weighted by Crippen LogP contribution is 2.29. The van der Waals surface area contributed by atoms with Crippen LogP contribution < -0.4 is 5.73 Å². The Kier molecular flexibility index (Phi) is 3.53. The lowest BCUT2D eigenvalue weighted by Gasteiger charge is -2.31. The maximum Gasteiger partial charge on any atom is 0.0611 e. The molecule has 0 aliphatic heterocycles. The van der Waals surface area contributed by atoms with E-state index >= 15 is 0 Å². The quantitative estimate of drug-likeness (QED) is 0.621. The summed E-state index contributed by atoms with van der Waals surface area (Å²) in [7, 11) is 0. The van der Waals surface area contributed by atoms with Crippen LogP contribution in [-0.4, -0.2) is 17.3 Å². The molecule has 3 N–H and O–H groups in total. The van der Waals surface area contributed by atoms with Crippen molar-refractivity contribution in [1.82, 2.24) is 0 Å². The van der Waals surface area contributed by atoms with Crippen molar-refractivity contribution < 1.29 is 5.11 Å². The Labute approximate surface area is 75.2 Å². The first-order valence-electron chi connectivity index (χ1n) is 5.06. The SMILES string of the molecule is CC(N)(CO)C1CCCCCC1. The van der Waals surface area contributed by atoms with Crippen LogP contribution in [0.2, 0.25) is 0 Å². The van der Waals surface area contributed by atoms with Crippen molar-refractivity contribution in [2.45, 2.75) is 51.0 Å². The first kappa shape index (κ1) is 10.0. The van der Waals surface area contributed by atoms with E-state index in [1.807, 2.05) is 6.92 Å². The fraction of sp³-hybridized carbons (Fsp3) is 1.00. The lowest BCUT2D eigenvalue weighted by atomic mass is 9.82.